The third-order valence-corrected chi connectivity index (χ3v) is 3.29. The summed E-state index contributed by atoms with van der Waals surface area (Å²) in [5.74, 6) is 0.324. The Morgan fingerprint density at radius 2 is 2.00 bits per heavy atom. The molecule has 2 saturated heterocycles. The topological polar surface area (TPSA) is 49.4 Å². The highest BCUT2D eigenvalue weighted by Gasteiger charge is 2.35. The first-order valence-corrected chi connectivity index (χ1v) is 5.47. The predicted molar refractivity (Wildman–Crippen MR) is 50.6 cm³/mol. The van der Waals surface area contributed by atoms with Crippen LogP contribution >= 0.6 is 11.8 Å². The molecule has 0 aromatic rings. The lowest BCUT2D eigenvalue weighted by molar-refractivity contribution is -0.126. The van der Waals surface area contributed by atoms with Gasteiger partial charge < -0.3 is 5.32 Å². The summed E-state index contributed by atoms with van der Waals surface area (Å²) in [5.41, 5.74) is 0. The molecule has 0 bridgehead atoms. The number of hydrogen-bond donors (Lipinski definition) is 1. The van der Waals surface area contributed by atoms with Gasteiger partial charge in [0.25, 0.3) is 5.24 Å². The van der Waals surface area contributed by atoms with Gasteiger partial charge in [0.05, 0.1) is 5.75 Å². The highest BCUT2D eigenvalue weighted by molar-refractivity contribution is 8.14. The summed E-state index contributed by atoms with van der Waals surface area (Å²) in [6.07, 6.45) is 1.80. The van der Waals surface area contributed by atoms with E-state index in [1.165, 1.54) is 4.90 Å². The van der Waals surface area contributed by atoms with E-state index in [4.69, 9.17) is 0 Å². The van der Waals surface area contributed by atoms with Gasteiger partial charge in [0.15, 0.2) is 0 Å². The SMILES string of the molecule is O=C1CSC(=O)N1C1CCNCC1. The second-order valence-corrected chi connectivity index (χ2v) is 4.23. The number of amides is 2. The molecule has 2 fully saturated rings. The minimum Gasteiger partial charge on any atom is -0.317 e. The van der Waals surface area contributed by atoms with Crippen molar-refractivity contribution in [3.05, 3.63) is 0 Å². The summed E-state index contributed by atoms with van der Waals surface area (Å²) in [6.45, 7) is 1.82. The zero-order chi connectivity index (χ0) is 9.26. The van der Waals surface area contributed by atoms with Gasteiger partial charge in [-0.3, -0.25) is 14.5 Å². The molecule has 2 aliphatic heterocycles. The molecule has 5 heteroatoms. The third kappa shape index (κ3) is 1.71. The number of nitrogens with one attached hydrogen (secondary N) is 1. The number of imide groups is 1. The molecule has 0 atom stereocenters. The first kappa shape index (κ1) is 9.02. The molecule has 0 unspecified atom stereocenters. The smallest absolute Gasteiger partial charge is 0.289 e. The van der Waals surface area contributed by atoms with Crippen LogP contribution < -0.4 is 5.32 Å². The summed E-state index contributed by atoms with van der Waals surface area (Å²) in [6, 6.07) is 0.149. The molecular weight excluding hydrogens is 188 g/mol. The number of thioether (sulfide) groups is 1. The summed E-state index contributed by atoms with van der Waals surface area (Å²) >= 11 is 1.12. The fraction of sp³-hybridized carbons (Fsp3) is 0.750. The maximum atomic E-state index is 11.3. The first-order valence-electron chi connectivity index (χ1n) is 4.48. The van der Waals surface area contributed by atoms with E-state index in [9.17, 15) is 9.59 Å². The molecule has 0 saturated carbocycles. The molecule has 0 spiro atoms. The van der Waals surface area contributed by atoms with Crippen LogP contribution in [-0.2, 0) is 4.79 Å². The van der Waals surface area contributed by atoms with Crippen LogP contribution in [0.15, 0.2) is 0 Å². The molecule has 0 aromatic carbocycles. The number of rotatable bonds is 1. The van der Waals surface area contributed by atoms with Gasteiger partial charge in [-0.1, -0.05) is 11.8 Å². The Morgan fingerprint density at radius 3 is 2.54 bits per heavy atom. The predicted octanol–water partition coefficient (Wildman–Crippen LogP) is 0.434. The maximum absolute atomic E-state index is 11.3. The largest absolute Gasteiger partial charge is 0.317 e. The summed E-state index contributed by atoms with van der Waals surface area (Å²) in [7, 11) is 0. The van der Waals surface area contributed by atoms with E-state index >= 15 is 0 Å². The average Bonchev–Trinajstić information content (AvgIpc) is 2.48. The zero-order valence-corrected chi connectivity index (χ0v) is 8.10. The number of carbonyl (C=O) groups excluding carboxylic acids is 2. The Hall–Kier alpha value is -0.550. The van der Waals surface area contributed by atoms with Crippen LogP contribution in [0, 0.1) is 0 Å². The lowest BCUT2D eigenvalue weighted by atomic mass is 10.1. The van der Waals surface area contributed by atoms with E-state index < -0.39 is 0 Å². The molecule has 13 heavy (non-hydrogen) atoms. The van der Waals surface area contributed by atoms with Crippen molar-refractivity contribution in [3.63, 3.8) is 0 Å². The summed E-state index contributed by atoms with van der Waals surface area (Å²) in [5, 5.41) is 3.15. The van der Waals surface area contributed by atoms with Crippen LogP contribution in [0.2, 0.25) is 0 Å². The molecule has 0 aliphatic carbocycles. The molecule has 4 nitrogen and oxygen atoms in total. The molecule has 2 aliphatic rings. The fourth-order valence-electron chi connectivity index (χ4n) is 1.78. The van der Waals surface area contributed by atoms with Gasteiger partial charge >= 0.3 is 0 Å². The molecule has 2 amide bonds. The molecule has 2 heterocycles. The standard InChI is InChI=1S/C8H12N2O2S/c11-7-5-13-8(12)10(7)6-1-3-9-4-2-6/h6,9H,1-5H2. The van der Waals surface area contributed by atoms with Crippen LogP contribution in [-0.4, -0.2) is 40.9 Å². The van der Waals surface area contributed by atoms with Crippen LogP contribution in [0.3, 0.4) is 0 Å². The van der Waals surface area contributed by atoms with Crippen LogP contribution in [0.5, 0.6) is 0 Å². The van der Waals surface area contributed by atoms with Gasteiger partial charge in [0.1, 0.15) is 0 Å². The van der Waals surface area contributed by atoms with E-state index in [1.54, 1.807) is 0 Å². The second kappa shape index (κ2) is 3.67. The molecular formula is C8H12N2O2S. The minimum absolute atomic E-state index is 0.0121. The quantitative estimate of drug-likeness (QED) is 0.667. The Labute approximate surface area is 81.0 Å². The Bertz CT molecular complexity index is 222. The molecule has 1 N–H and O–H groups in total. The van der Waals surface area contributed by atoms with E-state index in [0.29, 0.717) is 5.75 Å². The number of nitrogens with zero attached hydrogens (tertiary/aromatic N) is 1. The zero-order valence-electron chi connectivity index (χ0n) is 7.28. The van der Waals surface area contributed by atoms with E-state index in [-0.39, 0.29) is 17.2 Å². The van der Waals surface area contributed by atoms with Crippen molar-refractivity contribution in [2.45, 2.75) is 18.9 Å². The molecule has 0 aromatic heterocycles. The second-order valence-electron chi connectivity index (χ2n) is 3.30. The molecule has 2 rings (SSSR count). The van der Waals surface area contributed by atoms with E-state index in [1.807, 2.05) is 0 Å². The lowest BCUT2D eigenvalue weighted by Gasteiger charge is -2.29. The maximum Gasteiger partial charge on any atom is 0.289 e. The van der Waals surface area contributed by atoms with Crippen molar-refractivity contribution in [2.24, 2.45) is 0 Å². The highest BCUT2D eigenvalue weighted by atomic mass is 32.2. The van der Waals surface area contributed by atoms with Crippen molar-refractivity contribution in [3.8, 4) is 0 Å². The Kier molecular flexibility index (Phi) is 2.55. The van der Waals surface area contributed by atoms with Crippen molar-refractivity contribution in [1.29, 1.82) is 0 Å². The molecule has 72 valence electrons. The number of hydrogen-bond acceptors (Lipinski definition) is 4. The van der Waals surface area contributed by atoms with Gasteiger partial charge in [-0.25, -0.2) is 0 Å². The van der Waals surface area contributed by atoms with E-state index in [0.717, 1.165) is 37.7 Å². The minimum atomic E-state index is -0.0584. The van der Waals surface area contributed by atoms with Crippen molar-refractivity contribution in [2.75, 3.05) is 18.8 Å². The summed E-state index contributed by atoms with van der Waals surface area (Å²) in [4.78, 5) is 24.1. The van der Waals surface area contributed by atoms with Crippen molar-refractivity contribution in [1.82, 2.24) is 10.2 Å². The third-order valence-electron chi connectivity index (χ3n) is 2.46. The van der Waals surface area contributed by atoms with Crippen molar-refractivity contribution >= 4 is 22.9 Å². The van der Waals surface area contributed by atoms with Crippen LogP contribution in [0.1, 0.15) is 12.8 Å². The monoisotopic (exact) mass is 200 g/mol. The van der Waals surface area contributed by atoms with Gasteiger partial charge in [-0.15, -0.1) is 0 Å². The number of piperidine rings is 1. The Morgan fingerprint density at radius 1 is 1.31 bits per heavy atom. The van der Waals surface area contributed by atoms with Crippen LogP contribution in [0.4, 0.5) is 4.79 Å². The summed E-state index contributed by atoms with van der Waals surface area (Å²) < 4.78 is 0. The first-order chi connectivity index (χ1) is 6.29. The van der Waals surface area contributed by atoms with Crippen molar-refractivity contribution < 1.29 is 9.59 Å². The number of carbonyl (C=O) groups is 2. The van der Waals surface area contributed by atoms with Gasteiger partial charge in [0, 0.05) is 6.04 Å². The molecule has 0 radical (unpaired) electrons. The van der Waals surface area contributed by atoms with Gasteiger partial charge in [0.2, 0.25) is 5.91 Å². The van der Waals surface area contributed by atoms with Gasteiger partial charge in [-0.05, 0) is 25.9 Å². The normalized spacial score (nSPS) is 25.7. The van der Waals surface area contributed by atoms with Gasteiger partial charge in [-0.2, -0.15) is 0 Å². The van der Waals surface area contributed by atoms with E-state index in [2.05, 4.69) is 5.32 Å². The Balaban J connectivity index is 2.05. The fourth-order valence-corrected chi connectivity index (χ4v) is 2.56. The van der Waals surface area contributed by atoms with Crippen LogP contribution in [0.25, 0.3) is 0 Å². The average molecular weight is 200 g/mol. The highest BCUT2D eigenvalue weighted by Crippen LogP contribution is 2.24. The lowest BCUT2D eigenvalue weighted by Crippen LogP contribution is -2.45.